The van der Waals surface area contributed by atoms with Crippen molar-refractivity contribution < 1.29 is 9.90 Å². The van der Waals surface area contributed by atoms with Crippen molar-refractivity contribution in [1.82, 2.24) is 5.32 Å². The topological polar surface area (TPSA) is 49.3 Å². The zero-order valence-electron chi connectivity index (χ0n) is 10.3. The Morgan fingerprint density at radius 3 is 2.65 bits per heavy atom. The maximum Gasteiger partial charge on any atom is 0.253 e. The molecule has 0 aliphatic rings. The van der Waals surface area contributed by atoms with E-state index in [1.54, 1.807) is 19.1 Å². The molecule has 2 N–H and O–H groups in total. The molecule has 1 rings (SSSR count). The van der Waals surface area contributed by atoms with E-state index in [-0.39, 0.29) is 11.9 Å². The summed E-state index contributed by atoms with van der Waals surface area (Å²) in [5, 5.41) is 12.5. The second-order valence-corrected chi connectivity index (χ2v) is 4.85. The number of amides is 1. The monoisotopic (exact) mass is 255 g/mol. The van der Waals surface area contributed by atoms with E-state index in [2.05, 4.69) is 5.32 Å². The average Bonchev–Trinajstić information content (AvgIpc) is 2.15. The molecule has 0 aliphatic heterocycles. The Kier molecular flexibility index (Phi) is 4.97. The van der Waals surface area contributed by atoms with E-state index in [9.17, 15) is 9.90 Å². The molecule has 2 atom stereocenters. The first-order valence-corrected chi connectivity index (χ1v) is 6.03. The van der Waals surface area contributed by atoms with Crippen molar-refractivity contribution in [3.8, 4) is 0 Å². The highest BCUT2D eigenvalue weighted by Crippen LogP contribution is 2.17. The van der Waals surface area contributed by atoms with Gasteiger partial charge in [-0.15, -0.1) is 0 Å². The van der Waals surface area contributed by atoms with E-state index in [0.29, 0.717) is 17.0 Å². The number of carbonyl (C=O) groups is 1. The molecule has 0 radical (unpaired) electrons. The lowest BCUT2D eigenvalue weighted by Gasteiger charge is -2.16. The number of benzene rings is 1. The van der Waals surface area contributed by atoms with Crippen LogP contribution in [-0.2, 0) is 0 Å². The summed E-state index contributed by atoms with van der Waals surface area (Å²) in [5.74, 6) is -0.205. The number of aliphatic hydroxyl groups excluding tert-OH is 1. The summed E-state index contributed by atoms with van der Waals surface area (Å²) in [6, 6.07) is 5.23. The van der Waals surface area contributed by atoms with Gasteiger partial charge in [-0.25, -0.2) is 0 Å². The predicted octanol–water partition coefficient (Wildman–Crippen LogP) is 2.54. The molecule has 1 aromatic rings. The standard InChI is InChI=1S/C13H18ClNO2/c1-8-4-5-11(12(14)6-8)13(17)15-9(2)7-10(3)16/h4-6,9-10,16H,7H2,1-3H3,(H,15,17). The molecule has 0 aromatic heterocycles. The van der Waals surface area contributed by atoms with Crippen molar-refractivity contribution in [2.45, 2.75) is 39.3 Å². The van der Waals surface area contributed by atoms with E-state index >= 15 is 0 Å². The average molecular weight is 256 g/mol. The van der Waals surface area contributed by atoms with Gasteiger partial charge in [-0.3, -0.25) is 4.79 Å². The highest BCUT2D eigenvalue weighted by atomic mass is 35.5. The van der Waals surface area contributed by atoms with Crippen LogP contribution in [0.3, 0.4) is 0 Å². The SMILES string of the molecule is Cc1ccc(C(=O)NC(C)CC(C)O)c(Cl)c1. The number of aryl methyl sites for hydroxylation is 1. The fourth-order valence-electron chi connectivity index (χ4n) is 1.68. The van der Waals surface area contributed by atoms with Crippen molar-refractivity contribution in [3.63, 3.8) is 0 Å². The third kappa shape index (κ3) is 4.36. The fraction of sp³-hybridized carbons (Fsp3) is 0.462. The molecular formula is C13H18ClNO2. The van der Waals surface area contributed by atoms with Crippen LogP contribution in [0.1, 0.15) is 36.2 Å². The number of halogens is 1. The van der Waals surface area contributed by atoms with Gasteiger partial charge in [0.25, 0.3) is 5.91 Å². The van der Waals surface area contributed by atoms with Crippen LogP contribution >= 0.6 is 11.6 Å². The molecule has 1 aromatic carbocycles. The van der Waals surface area contributed by atoms with Gasteiger partial charge in [0.1, 0.15) is 0 Å². The van der Waals surface area contributed by atoms with Gasteiger partial charge in [0.15, 0.2) is 0 Å². The van der Waals surface area contributed by atoms with Crippen molar-refractivity contribution in [2.75, 3.05) is 0 Å². The first-order chi connectivity index (χ1) is 7.90. The van der Waals surface area contributed by atoms with Gasteiger partial charge in [-0.1, -0.05) is 17.7 Å². The second kappa shape index (κ2) is 6.03. The number of aliphatic hydroxyl groups is 1. The number of nitrogens with one attached hydrogen (secondary N) is 1. The minimum absolute atomic E-state index is 0.0835. The van der Waals surface area contributed by atoms with Crippen LogP contribution in [0.4, 0.5) is 0 Å². The Morgan fingerprint density at radius 2 is 2.12 bits per heavy atom. The van der Waals surface area contributed by atoms with E-state index in [4.69, 9.17) is 11.6 Å². The van der Waals surface area contributed by atoms with Gasteiger partial charge in [-0.2, -0.15) is 0 Å². The first-order valence-electron chi connectivity index (χ1n) is 5.65. The van der Waals surface area contributed by atoms with Crippen LogP contribution in [0.2, 0.25) is 5.02 Å². The Labute approximate surface area is 107 Å². The highest BCUT2D eigenvalue weighted by molar-refractivity contribution is 6.33. The molecule has 0 spiro atoms. The molecule has 0 saturated heterocycles. The Morgan fingerprint density at radius 1 is 1.47 bits per heavy atom. The van der Waals surface area contributed by atoms with Crippen molar-refractivity contribution >= 4 is 17.5 Å². The van der Waals surface area contributed by atoms with Crippen LogP contribution in [0, 0.1) is 6.92 Å². The first kappa shape index (κ1) is 14.0. The second-order valence-electron chi connectivity index (χ2n) is 4.44. The van der Waals surface area contributed by atoms with E-state index in [0.717, 1.165) is 5.56 Å². The quantitative estimate of drug-likeness (QED) is 0.869. The Balaban J connectivity index is 2.70. The summed E-state index contributed by atoms with van der Waals surface area (Å²) in [6.07, 6.45) is 0.0914. The predicted molar refractivity (Wildman–Crippen MR) is 69.4 cm³/mol. The molecule has 4 heteroatoms. The van der Waals surface area contributed by atoms with Crippen molar-refractivity contribution in [3.05, 3.63) is 34.3 Å². The summed E-state index contributed by atoms with van der Waals surface area (Å²) in [5.41, 5.74) is 1.48. The normalized spacial score (nSPS) is 14.2. The van der Waals surface area contributed by atoms with Crippen molar-refractivity contribution in [1.29, 1.82) is 0 Å². The van der Waals surface area contributed by atoms with Crippen LogP contribution in [0.5, 0.6) is 0 Å². The van der Waals surface area contributed by atoms with E-state index < -0.39 is 6.10 Å². The lowest BCUT2D eigenvalue weighted by atomic mass is 10.1. The molecule has 0 fully saturated rings. The van der Waals surface area contributed by atoms with Gasteiger partial charge in [0, 0.05) is 6.04 Å². The largest absolute Gasteiger partial charge is 0.393 e. The Bertz CT molecular complexity index is 404. The molecule has 1 amide bonds. The number of carbonyl (C=O) groups excluding carboxylic acids is 1. The summed E-state index contributed by atoms with van der Waals surface area (Å²) in [6.45, 7) is 5.47. The minimum atomic E-state index is -0.432. The number of rotatable bonds is 4. The van der Waals surface area contributed by atoms with E-state index in [1.807, 2.05) is 19.9 Å². The maximum atomic E-state index is 11.9. The van der Waals surface area contributed by atoms with Crippen LogP contribution in [0.25, 0.3) is 0 Å². The summed E-state index contributed by atoms with van der Waals surface area (Å²) in [7, 11) is 0. The molecule has 0 heterocycles. The van der Waals surface area contributed by atoms with Gasteiger partial charge >= 0.3 is 0 Å². The molecule has 3 nitrogen and oxygen atoms in total. The number of hydrogen-bond acceptors (Lipinski definition) is 2. The van der Waals surface area contributed by atoms with Crippen molar-refractivity contribution in [2.24, 2.45) is 0 Å². The minimum Gasteiger partial charge on any atom is -0.393 e. The third-order valence-electron chi connectivity index (χ3n) is 2.44. The molecule has 17 heavy (non-hydrogen) atoms. The molecular weight excluding hydrogens is 238 g/mol. The molecule has 94 valence electrons. The zero-order valence-corrected chi connectivity index (χ0v) is 11.1. The lowest BCUT2D eigenvalue weighted by molar-refractivity contribution is 0.0923. The van der Waals surface area contributed by atoms with Gasteiger partial charge < -0.3 is 10.4 Å². The van der Waals surface area contributed by atoms with Gasteiger partial charge in [-0.05, 0) is 44.9 Å². The van der Waals surface area contributed by atoms with E-state index in [1.165, 1.54) is 0 Å². The van der Waals surface area contributed by atoms with Gasteiger partial charge in [0.2, 0.25) is 0 Å². The molecule has 0 aliphatic carbocycles. The smallest absolute Gasteiger partial charge is 0.253 e. The summed E-state index contributed by atoms with van der Waals surface area (Å²) < 4.78 is 0. The summed E-state index contributed by atoms with van der Waals surface area (Å²) in [4.78, 5) is 11.9. The number of hydrogen-bond donors (Lipinski definition) is 2. The molecule has 0 saturated carbocycles. The van der Waals surface area contributed by atoms with Crippen LogP contribution < -0.4 is 5.32 Å². The summed E-state index contributed by atoms with van der Waals surface area (Å²) >= 11 is 6.00. The van der Waals surface area contributed by atoms with Crippen LogP contribution in [0.15, 0.2) is 18.2 Å². The molecule has 0 bridgehead atoms. The zero-order chi connectivity index (χ0) is 13.0. The molecule has 2 unspecified atom stereocenters. The van der Waals surface area contributed by atoms with Crippen LogP contribution in [-0.4, -0.2) is 23.2 Å². The maximum absolute atomic E-state index is 11.9. The third-order valence-corrected chi connectivity index (χ3v) is 2.75. The lowest BCUT2D eigenvalue weighted by Crippen LogP contribution is -2.34. The fourth-order valence-corrected chi connectivity index (χ4v) is 2.00. The Hall–Kier alpha value is -1.06. The van der Waals surface area contributed by atoms with Gasteiger partial charge in [0.05, 0.1) is 16.7 Å². The highest BCUT2D eigenvalue weighted by Gasteiger charge is 2.14.